The summed E-state index contributed by atoms with van der Waals surface area (Å²) in [5.41, 5.74) is 0. The number of piperidine rings is 1. The number of ether oxygens (including phenoxy) is 2. The van der Waals surface area contributed by atoms with Crippen LogP contribution in [0.2, 0.25) is 0 Å². The molecular formula is C14H28N2O5S. The van der Waals surface area contributed by atoms with Crippen LogP contribution >= 0.6 is 0 Å². The summed E-state index contributed by atoms with van der Waals surface area (Å²) in [7, 11) is -1.61. The zero-order valence-corrected chi connectivity index (χ0v) is 14.4. The fraction of sp³-hybridized carbons (Fsp3) is 0.929. The molecule has 1 aliphatic rings. The average Bonchev–Trinajstić information content (AvgIpc) is 2.50. The van der Waals surface area contributed by atoms with Gasteiger partial charge >= 0.3 is 0 Å². The van der Waals surface area contributed by atoms with E-state index >= 15 is 0 Å². The fourth-order valence-corrected chi connectivity index (χ4v) is 3.82. The third kappa shape index (κ3) is 7.53. The molecule has 1 amide bonds. The van der Waals surface area contributed by atoms with Crippen LogP contribution in [0.1, 0.15) is 32.6 Å². The number of nitrogens with one attached hydrogen (secondary N) is 1. The molecule has 0 saturated carbocycles. The summed E-state index contributed by atoms with van der Waals surface area (Å²) in [5, 5.41) is 0. The molecule has 0 unspecified atom stereocenters. The van der Waals surface area contributed by atoms with Crippen molar-refractivity contribution in [1.82, 2.24) is 9.62 Å². The number of methoxy groups -OCH3 is 1. The van der Waals surface area contributed by atoms with Crippen molar-refractivity contribution in [2.24, 2.45) is 0 Å². The minimum Gasteiger partial charge on any atom is -0.382 e. The van der Waals surface area contributed by atoms with Gasteiger partial charge in [-0.25, -0.2) is 13.1 Å². The molecule has 0 spiro atoms. The van der Waals surface area contributed by atoms with Crippen LogP contribution in [0.5, 0.6) is 0 Å². The molecule has 1 aliphatic heterocycles. The lowest BCUT2D eigenvalue weighted by molar-refractivity contribution is -0.137. The Morgan fingerprint density at radius 1 is 1.27 bits per heavy atom. The van der Waals surface area contributed by atoms with E-state index in [1.165, 1.54) is 0 Å². The van der Waals surface area contributed by atoms with Gasteiger partial charge in [0.25, 0.3) is 0 Å². The second-order valence-corrected chi connectivity index (χ2v) is 7.36. The fourth-order valence-electron chi connectivity index (χ4n) is 2.29. The Bertz CT molecular complexity index is 419. The lowest BCUT2D eigenvalue weighted by atomic mass is 10.1. The SMILES string of the molecule is CCCCS(=O)(=O)NC1CCN(C(=O)COCCOC)CC1. The molecule has 0 aromatic carbocycles. The largest absolute Gasteiger partial charge is 0.382 e. The molecule has 7 nitrogen and oxygen atoms in total. The van der Waals surface area contributed by atoms with Crippen LogP contribution in [0.4, 0.5) is 0 Å². The molecule has 8 heteroatoms. The average molecular weight is 336 g/mol. The molecule has 0 atom stereocenters. The summed E-state index contributed by atoms with van der Waals surface area (Å²) in [6, 6.07) is -0.0692. The first-order valence-electron chi connectivity index (χ1n) is 7.83. The highest BCUT2D eigenvalue weighted by Gasteiger charge is 2.25. The van der Waals surface area contributed by atoms with Crippen molar-refractivity contribution in [3.05, 3.63) is 0 Å². The van der Waals surface area contributed by atoms with E-state index in [1.807, 2.05) is 6.92 Å². The van der Waals surface area contributed by atoms with E-state index in [1.54, 1.807) is 12.0 Å². The normalized spacial score (nSPS) is 16.9. The third-order valence-corrected chi connectivity index (χ3v) is 5.14. The third-order valence-electron chi connectivity index (χ3n) is 3.62. The number of amides is 1. The molecule has 0 aromatic rings. The minimum absolute atomic E-state index is 0.0518. The zero-order valence-electron chi connectivity index (χ0n) is 13.5. The predicted molar refractivity (Wildman–Crippen MR) is 84.1 cm³/mol. The molecule has 1 saturated heterocycles. The Morgan fingerprint density at radius 2 is 1.95 bits per heavy atom. The number of likely N-dealkylation sites (tertiary alicyclic amines) is 1. The number of carbonyl (C=O) groups excluding carboxylic acids is 1. The number of unbranched alkanes of at least 4 members (excludes halogenated alkanes) is 1. The number of sulfonamides is 1. The summed E-state index contributed by atoms with van der Waals surface area (Å²) in [5.74, 6) is 0.124. The van der Waals surface area contributed by atoms with Crippen LogP contribution < -0.4 is 4.72 Å². The molecule has 22 heavy (non-hydrogen) atoms. The van der Waals surface area contributed by atoms with Gasteiger partial charge < -0.3 is 14.4 Å². The maximum Gasteiger partial charge on any atom is 0.248 e. The van der Waals surface area contributed by atoms with Gasteiger partial charge in [0.2, 0.25) is 15.9 Å². The van der Waals surface area contributed by atoms with Gasteiger partial charge in [-0.3, -0.25) is 4.79 Å². The summed E-state index contributed by atoms with van der Waals surface area (Å²) in [6.07, 6.45) is 2.83. The zero-order chi connectivity index (χ0) is 16.4. The molecule has 0 aliphatic carbocycles. The number of carbonyl (C=O) groups is 1. The molecule has 0 bridgehead atoms. The van der Waals surface area contributed by atoms with E-state index in [2.05, 4.69) is 4.72 Å². The van der Waals surface area contributed by atoms with Crippen LogP contribution in [-0.4, -0.2) is 71.0 Å². The van der Waals surface area contributed by atoms with Crippen molar-refractivity contribution in [3.8, 4) is 0 Å². The molecule has 0 radical (unpaired) electrons. The van der Waals surface area contributed by atoms with Crippen LogP contribution in [0.25, 0.3) is 0 Å². The van der Waals surface area contributed by atoms with Gasteiger partial charge in [0.1, 0.15) is 6.61 Å². The molecule has 0 aromatic heterocycles. The van der Waals surface area contributed by atoms with Gasteiger partial charge in [-0.05, 0) is 19.3 Å². The maximum absolute atomic E-state index is 11.9. The van der Waals surface area contributed by atoms with Gasteiger partial charge in [0.05, 0.1) is 19.0 Å². The van der Waals surface area contributed by atoms with Crippen molar-refractivity contribution in [1.29, 1.82) is 0 Å². The molecule has 1 N–H and O–H groups in total. The smallest absolute Gasteiger partial charge is 0.248 e. The van der Waals surface area contributed by atoms with Crippen LogP contribution in [-0.2, 0) is 24.3 Å². The van der Waals surface area contributed by atoms with Gasteiger partial charge in [0.15, 0.2) is 0 Å². The number of nitrogens with zero attached hydrogens (tertiary/aromatic N) is 1. The summed E-state index contributed by atoms with van der Waals surface area (Å²) in [4.78, 5) is 13.6. The van der Waals surface area contributed by atoms with Crippen LogP contribution in [0.15, 0.2) is 0 Å². The monoisotopic (exact) mass is 336 g/mol. The van der Waals surface area contributed by atoms with Gasteiger partial charge in [0, 0.05) is 26.2 Å². The molecule has 130 valence electrons. The van der Waals surface area contributed by atoms with E-state index in [4.69, 9.17) is 9.47 Å². The predicted octanol–water partition coefficient (Wildman–Crippen LogP) is 0.360. The topological polar surface area (TPSA) is 84.9 Å². The summed E-state index contributed by atoms with van der Waals surface area (Å²) in [6.45, 7) is 4.01. The first-order chi connectivity index (χ1) is 10.5. The number of hydrogen-bond donors (Lipinski definition) is 1. The van der Waals surface area contributed by atoms with Crippen molar-refractivity contribution >= 4 is 15.9 Å². The van der Waals surface area contributed by atoms with Gasteiger partial charge in [-0.2, -0.15) is 0 Å². The van der Waals surface area contributed by atoms with Crippen molar-refractivity contribution in [3.63, 3.8) is 0 Å². The first kappa shape index (κ1) is 19.3. The highest BCUT2D eigenvalue weighted by Crippen LogP contribution is 2.12. The Labute approximate surface area is 133 Å². The molecule has 1 rings (SSSR count). The first-order valence-corrected chi connectivity index (χ1v) is 9.48. The lowest BCUT2D eigenvalue weighted by Crippen LogP contribution is -2.47. The Balaban J connectivity index is 2.26. The van der Waals surface area contributed by atoms with Crippen LogP contribution in [0.3, 0.4) is 0 Å². The van der Waals surface area contributed by atoms with E-state index in [-0.39, 0.29) is 24.3 Å². The quantitative estimate of drug-likeness (QED) is 0.582. The highest BCUT2D eigenvalue weighted by molar-refractivity contribution is 7.89. The van der Waals surface area contributed by atoms with Gasteiger partial charge in [-0.15, -0.1) is 0 Å². The standard InChI is InChI=1S/C14H28N2O5S/c1-3-4-11-22(18,19)15-13-5-7-16(8-6-13)14(17)12-21-10-9-20-2/h13,15H,3-12H2,1-2H3. The van der Waals surface area contributed by atoms with E-state index in [0.717, 1.165) is 6.42 Å². The number of rotatable bonds is 10. The summed E-state index contributed by atoms with van der Waals surface area (Å²) < 4.78 is 36.5. The molecule has 1 heterocycles. The Kier molecular flexibility index (Phi) is 8.92. The molecule has 1 fully saturated rings. The van der Waals surface area contributed by atoms with Crippen molar-refractivity contribution < 1.29 is 22.7 Å². The minimum atomic E-state index is -3.19. The number of hydrogen-bond acceptors (Lipinski definition) is 5. The summed E-state index contributed by atoms with van der Waals surface area (Å²) >= 11 is 0. The highest BCUT2D eigenvalue weighted by atomic mass is 32.2. The van der Waals surface area contributed by atoms with E-state index < -0.39 is 10.0 Å². The second kappa shape index (κ2) is 10.1. The van der Waals surface area contributed by atoms with Crippen LogP contribution in [0, 0.1) is 0 Å². The lowest BCUT2D eigenvalue weighted by Gasteiger charge is -2.32. The van der Waals surface area contributed by atoms with Crippen molar-refractivity contribution in [2.45, 2.75) is 38.6 Å². The van der Waals surface area contributed by atoms with Gasteiger partial charge in [-0.1, -0.05) is 13.3 Å². The van der Waals surface area contributed by atoms with Crippen molar-refractivity contribution in [2.75, 3.05) is 45.8 Å². The Morgan fingerprint density at radius 3 is 2.55 bits per heavy atom. The van der Waals surface area contributed by atoms with E-state index in [0.29, 0.717) is 45.6 Å². The Hall–Kier alpha value is -0.700. The maximum atomic E-state index is 11.9. The molecular weight excluding hydrogens is 308 g/mol. The second-order valence-electron chi connectivity index (χ2n) is 5.49. The van der Waals surface area contributed by atoms with E-state index in [9.17, 15) is 13.2 Å².